The number of ether oxygens (including phenoxy) is 1. The summed E-state index contributed by atoms with van der Waals surface area (Å²) in [6.07, 6.45) is 3.71. The molecule has 1 N–H and O–H groups in total. The molecule has 0 aromatic heterocycles. The molecule has 2 heterocycles. The molecule has 1 aromatic rings. The summed E-state index contributed by atoms with van der Waals surface area (Å²) in [6, 6.07) is 4.70. The number of aliphatic imine (C=N–C) groups is 1. The van der Waals surface area contributed by atoms with Crippen LogP contribution in [0.25, 0.3) is 0 Å². The smallest absolute Gasteiger partial charge is 0.309 e. The van der Waals surface area contributed by atoms with Crippen LogP contribution in [0.15, 0.2) is 23.2 Å². The van der Waals surface area contributed by atoms with Gasteiger partial charge in [-0.15, -0.1) is 0 Å². The third kappa shape index (κ3) is 5.43. The number of nitrogens with zero attached hydrogens (tertiary/aromatic N) is 3. The van der Waals surface area contributed by atoms with Gasteiger partial charge in [0.25, 0.3) is 0 Å². The zero-order valence-electron chi connectivity index (χ0n) is 17.9. The molecule has 0 bridgehead atoms. The van der Waals surface area contributed by atoms with Gasteiger partial charge >= 0.3 is 5.97 Å². The third-order valence-electron chi connectivity index (χ3n) is 5.99. The van der Waals surface area contributed by atoms with E-state index in [1.54, 1.807) is 19.2 Å². The zero-order chi connectivity index (χ0) is 21.5. The Morgan fingerprint density at radius 1 is 1.30 bits per heavy atom. The first-order chi connectivity index (χ1) is 14.5. The lowest BCUT2D eigenvalue weighted by Gasteiger charge is -2.35. The second-order valence-corrected chi connectivity index (χ2v) is 8.24. The van der Waals surface area contributed by atoms with Crippen molar-refractivity contribution >= 4 is 23.5 Å². The second-order valence-electron chi connectivity index (χ2n) is 7.84. The lowest BCUT2D eigenvalue weighted by Crippen LogP contribution is -2.48. The van der Waals surface area contributed by atoms with E-state index in [1.165, 1.54) is 6.07 Å². The van der Waals surface area contributed by atoms with E-state index >= 15 is 0 Å². The molecule has 2 aliphatic rings. The van der Waals surface area contributed by atoms with E-state index in [0.717, 1.165) is 57.8 Å². The van der Waals surface area contributed by atoms with Crippen LogP contribution in [-0.2, 0) is 9.53 Å². The number of carbonyl (C=O) groups excluding carboxylic acids is 1. The highest BCUT2D eigenvalue weighted by Crippen LogP contribution is 2.32. The topological polar surface area (TPSA) is 57.2 Å². The maximum absolute atomic E-state index is 14.7. The van der Waals surface area contributed by atoms with Gasteiger partial charge in [0.05, 0.1) is 18.6 Å². The minimum absolute atomic E-state index is 0.0473. The molecule has 8 heteroatoms. The summed E-state index contributed by atoms with van der Waals surface area (Å²) in [5, 5.41) is 3.89. The van der Waals surface area contributed by atoms with Gasteiger partial charge < -0.3 is 15.0 Å². The first-order valence-electron chi connectivity index (χ1n) is 10.8. The van der Waals surface area contributed by atoms with Gasteiger partial charge in [0.15, 0.2) is 5.96 Å². The summed E-state index contributed by atoms with van der Waals surface area (Å²) in [5.41, 5.74) is 0.546. The van der Waals surface area contributed by atoms with Crippen molar-refractivity contribution in [2.24, 2.45) is 10.9 Å². The Bertz CT molecular complexity index is 726. The summed E-state index contributed by atoms with van der Waals surface area (Å²) in [5.74, 6) is 0.345. The molecule has 2 fully saturated rings. The van der Waals surface area contributed by atoms with Crippen LogP contribution in [0.2, 0.25) is 5.02 Å². The number of hydrogen-bond acceptors (Lipinski definition) is 4. The number of esters is 1. The van der Waals surface area contributed by atoms with E-state index in [0.29, 0.717) is 23.7 Å². The van der Waals surface area contributed by atoms with Crippen LogP contribution >= 0.6 is 11.6 Å². The molecule has 166 valence electrons. The van der Waals surface area contributed by atoms with Crippen molar-refractivity contribution in [3.63, 3.8) is 0 Å². The summed E-state index contributed by atoms with van der Waals surface area (Å²) in [7, 11) is 1.75. The molecule has 0 amide bonds. The Morgan fingerprint density at radius 3 is 2.60 bits per heavy atom. The highest BCUT2D eigenvalue weighted by Gasteiger charge is 2.30. The van der Waals surface area contributed by atoms with Crippen molar-refractivity contribution in [2.75, 3.05) is 46.4 Å². The molecule has 1 aromatic carbocycles. The molecule has 0 saturated carbocycles. The first-order valence-corrected chi connectivity index (χ1v) is 11.2. The van der Waals surface area contributed by atoms with Gasteiger partial charge in [-0.05, 0) is 57.8 Å². The third-order valence-corrected chi connectivity index (χ3v) is 6.32. The predicted molar refractivity (Wildman–Crippen MR) is 117 cm³/mol. The maximum atomic E-state index is 14.7. The number of carbonyl (C=O) groups is 1. The van der Waals surface area contributed by atoms with Crippen LogP contribution in [0.4, 0.5) is 4.39 Å². The average Bonchev–Trinajstić information content (AvgIpc) is 3.28. The largest absolute Gasteiger partial charge is 0.466 e. The average molecular weight is 439 g/mol. The van der Waals surface area contributed by atoms with Crippen molar-refractivity contribution in [3.05, 3.63) is 34.6 Å². The lowest BCUT2D eigenvalue weighted by atomic mass is 9.97. The van der Waals surface area contributed by atoms with Gasteiger partial charge in [0.2, 0.25) is 0 Å². The van der Waals surface area contributed by atoms with Gasteiger partial charge in [-0.1, -0.05) is 17.7 Å². The van der Waals surface area contributed by atoms with Crippen molar-refractivity contribution < 1.29 is 13.9 Å². The zero-order valence-corrected chi connectivity index (χ0v) is 18.6. The van der Waals surface area contributed by atoms with Crippen LogP contribution < -0.4 is 5.32 Å². The normalized spacial score (nSPS) is 19.7. The fraction of sp³-hybridized carbons (Fsp3) is 0.636. The van der Waals surface area contributed by atoms with E-state index in [-0.39, 0.29) is 23.7 Å². The Hall–Kier alpha value is -1.86. The van der Waals surface area contributed by atoms with E-state index in [1.807, 2.05) is 6.92 Å². The molecule has 30 heavy (non-hydrogen) atoms. The number of guanidine groups is 1. The standard InChI is InChI=1S/C22H32ClFN4O2/c1-3-30-21(29)16-9-13-28(14-10-16)22(25-2)26-15-19(27-11-4-5-12-27)20-17(23)7-6-8-18(20)24/h6-8,16,19H,3-5,9-15H2,1-2H3,(H,25,26). The van der Waals surface area contributed by atoms with Gasteiger partial charge in [-0.2, -0.15) is 0 Å². The number of piperidine rings is 1. The van der Waals surface area contributed by atoms with Gasteiger partial charge in [-0.3, -0.25) is 14.7 Å². The maximum Gasteiger partial charge on any atom is 0.309 e. The molecule has 2 aliphatic heterocycles. The van der Waals surface area contributed by atoms with Crippen LogP contribution in [0, 0.1) is 11.7 Å². The van der Waals surface area contributed by atoms with Crippen LogP contribution in [0.1, 0.15) is 44.2 Å². The fourth-order valence-corrected chi connectivity index (χ4v) is 4.69. The highest BCUT2D eigenvalue weighted by atomic mass is 35.5. The highest BCUT2D eigenvalue weighted by molar-refractivity contribution is 6.31. The monoisotopic (exact) mass is 438 g/mol. The van der Waals surface area contributed by atoms with Crippen molar-refractivity contribution in [3.8, 4) is 0 Å². The number of likely N-dealkylation sites (tertiary alicyclic amines) is 2. The molecule has 3 rings (SSSR count). The van der Waals surface area contributed by atoms with Crippen LogP contribution in [0.3, 0.4) is 0 Å². The van der Waals surface area contributed by atoms with Gasteiger partial charge in [0, 0.05) is 37.3 Å². The molecule has 2 saturated heterocycles. The number of benzene rings is 1. The Kier molecular flexibility index (Phi) is 8.33. The van der Waals surface area contributed by atoms with Gasteiger partial charge in [0.1, 0.15) is 5.82 Å². The van der Waals surface area contributed by atoms with Gasteiger partial charge in [-0.25, -0.2) is 4.39 Å². The van der Waals surface area contributed by atoms with E-state index in [4.69, 9.17) is 16.3 Å². The Balaban J connectivity index is 1.65. The summed E-state index contributed by atoms with van der Waals surface area (Å²) in [4.78, 5) is 20.9. The predicted octanol–water partition coefficient (Wildman–Crippen LogP) is 3.47. The summed E-state index contributed by atoms with van der Waals surface area (Å²) in [6.45, 7) is 6.10. The molecule has 1 atom stereocenters. The molecule has 0 aliphatic carbocycles. The molecule has 0 radical (unpaired) electrons. The number of halogens is 2. The SMILES string of the molecule is CCOC(=O)C1CCN(C(=NC)NCC(c2c(F)cccc2Cl)N2CCCC2)CC1. The van der Waals surface area contributed by atoms with Crippen LogP contribution in [-0.4, -0.2) is 68.1 Å². The van der Waals surface area contributed by atoms with E-state index in [2.05, 4.69) is 20.1 Å². The fourth-order valence-electron chi connectivity index (χ4n) is 4.40. The van der Waals surface area contributed by atoms with Crippen LogP contribution in [0.5, 0.6) is 0 Å². The number of rotatable bonds is 6. The summed E-state index contributed by atoms with van der Waals surface area (Å²) >= 11 is 6.39. The molecule has 1 unspecified atom stereocenters. The van der Waals surface area contributed by atoms with E-state index in [9.17, 15) is 9.18 Å². The molecule has 0 spiro atoms. The Labute approximate surface area is 183 Å². The molecule has 6 nitrogen and oxygen atoms in total. The van der Waals surface area contributed by atoms with E-state index < -0.39 is 0 Å². The number of nitrogens with one attached hydrogen (secondary N) is 1. The molecular weight excluding hydrogens is 407 g/mol. The quantitative estimate of drug-likeness (QED) is 0.418. The van der Waals surface area contributed by atoms with Crippen molar-refractivity contribution in [1.29, 1.82) is 0 Å². The number of hydrogen-bond donors (Lipinski definition) is 1. The molecular formula is C22H32ClFN4O2. The Morgan fingerprint density at radius 2 is 2.00 bits per heavy atom. The van der Waals surface area contributed by atoms with Crippen molar-refractivity contribution in [2.45, 2.75) is 38.6 Å². The van der Waals surface area contributed by atoms with Crippen molar-refractivity contribution in [1.82, 2.24) is 15.1 Å². The minimum atomic E-state index is -0.272. The first kappa shape index (κ1) is 22.8. The lowest BCUT2D eigenvalue weighted by molar-refractivity contribution is -0.149. The minimum Gasteiger partial charge on any atom is -0.466 e. The summed E-state index contributed by atoms with van der Waals surface area (Å²) < 4.78 is 19.8. The second kappa shape index (κ2) is 11.0.